The van der Waals surface area contributed by atoms with Crippen molar-refractivity contribution in [3.05, 3.63) is 42.6 Å². The molecule has 2 aromatic rings. The van der Waals surface area contributed by atoms with Gasteiger partial charge in [0.15, 0.2) is 0 Å². The first kappa shape index (κ1) is 13.5. The fourth-order valence-electron chi connectivity index (χ4n) is 3.63. The first-order chi connectivity index (χ1) is 10.8. The minimum Gasteiger partial charge on any atom is -0.439 e. The zero-order valence-electron chi connectivity index (χ0n) is 12.2. The summed E-state index contributed by atoms with van der Waals surface area (Å²) in [5.74, 6) is 2.43. The predicted octanol–water partition coefficient (Wildman–Crippen LogP) is 3.82. The van der Waals surface area contributed by atoms with E-state index in [0.717, 1.165) is 18.6 Å². The Balaban J connectivity index is 1.44. The molecule has 4 rings (SSSR count). The van der Waals surface area contributed by atoms with Crippen molar-refractivity contribution in [3.63, 3.8) is 0 Å². The van der Waals surface area contributed by atoms with Crippen LogP contribution in [0.2, 0.25) is 0 Å². The number of hydrogen-bond acceptors (Lipinski definition) is 4. The summed E-state index contributed by atoms with van der Waals surface area (Å²) in [6, 6.07) is 11.5. The third-order valence-corrected chi connectivity index (χ3v) is 4.68. The summed E-state index contributed by atoms with van der Waals surface area (Å²) in [5.41, 5.74) is 0. The predicted molar refractivity (Wildman–Crippen MR) is 81.7 cm³/mol. The zero-order valence-corrected chi connectivity index (χ0v) is 12.2. The van der Waals surface area contributed by atoms with Crippen LogP contribution >= 0.6 is 0 Å². The molecule has 2 bridgehead atoms. The molecule has 114 valence electrons. The molecule has 4 atom stereocenters. The number of aromatic nitrogens is 2. The van der Waals surface area contributed by atoms with E-state index in [4.69, 9.17) is 4.74 Å². The van der Waals surface area contributed by atoms with Gasteiger partial charge in [-0.15, -0.1) is 0 Å². The lowest BCUT2D eigenvalue weighted by atomic mass is 9.94. The van der Waals surface area contributed by atoms with E-state index in [9.17, 15) is 4.39 Å². The zero-order chi connectivity index (χ0) is 14.9. The number of alkyl halides is 1. The van der Waals surface area contributed by atoms with Gasteiger partial charge in [-0.1, -0.05) is 18.2 Å². The SMILES string of the molecule is FC1CC2CC1CC2Nc1nccc(Oc2ccccc2)n1. The van der Waals surface area contributed by atoms with Gasteiger partial charge in [0.2, 0.25) is 11.8 Å². The fourth-order valence-corrected chi connectivity index (χ4v) is 3.63. The number of para-hydroxylation sites is 1. The van der Waals surface area contributed by atoms with Crippen LogP contribution in [0.25, 0.3) is 0 Å². The molecule has 4 nitrogen and oxygen atoms in total. The van der Waals surface area contributed by atoms with Gasteiger partial charge in [0.25, 0.3) is 0 Å². The van der Waals surface area contributed by atoms with Crippen molar-refractivity contribution in [1.82, 2.24) is 9.97 Å². The summed E-state index contributed by atoms with van der Waals surface area (Å²) < 4.78 is 19.3. The van der Waals surface area contributed by atoms with Crippen LogP contribution in [0, 0.1) is 11.8 Å². The van der Waals surface area contributed by atoms with Gasteiger partial charge in [0.05, 0.1) is 0 Å². The van der Waals surface area contributed by atoms with E-state index in [0.29, 0.717) is 24.2 Å². The van der Waals surface area contributed by atoms with Crippen molar-refractivity contribution >= 4 is 5.95 Å². The quantitative estimate of drug-likeness (QED) is 0.932. The molecule has 4 unspecified atom stereocenters. The molecule has 0 radical (unpaired) electrons. The third kappa shape index (κ3) is 2.63. The van der Waals surface area contributed by atoms with Gasteiger partial charge in [-0.2, -0.15) is 4.98 Å². The van der Waals surface area contributed by atoms with Crippen LogP contribution in [0.3, 0.4) is 0 Å². The molecular formula is C17H18FN3O. The summed E-state index contributed by atoms with van der Waals surface area (Å²) in [7, 11) is 0. The minimum absolute atomic E-state index is 0.214. The second-order valence-electron chi connectivity index (χ2n) is 6.13. The van der Waals surface area contributed by atoms with E-state index in [1.54, 1.807) is 12.3 Å². The lowest BCUT2D eigenvalue weighted by Crippen LogP contribution is -2.30. The number of fused-ring (bicyclic) bond motifs is 2. The van der Waals surface area contributed by atoms with Crippen LogP contribution < -0.4 is 10.1 Å². The number of nitrogens with zero attached hydrogens (tertiary/aromatic N) is 2. The normalized spacial score (nSPS) is 29.5. The molecule has 1 N–H and O–H groups in total. The Kier molecular flexibility index (Phi) is 3.41. The molecule has 0 saturated heterocycles. The number of ether oxygens (including phenoxy) is 1. The Labute approximate surface area is 128 Å². The van der Waals surface area contributed by atoms with E-state index in [2.05, 4.69) is 15.3 Å². The molecule has 1 aromatic heterocycles. The van der Waals surface area contributed by atoms with Crippen LogP contribution in [0.4, 0.5) is 10.3 Å². The van der Waals surface area contributed by atoms with Crippen molar-refractivity contribution in [2.75, 3.05) is 5.32 Å². The molecule has 2 aliphatic rings. The summed E-state index contributed by atoms with van der Waals surface area (Å²) >= 11 is 0. The Morgan fingerprint density at radius 3 is 2.64 bits per heavy atom. The second kappa shape index (κ2) is 5.55. The second-order valence-corrected chi connectivity index (χ2v) is 6.13. The third-order valence-electron chi connectivity index (χ3n) is 4.68. The number of anilines is 1. The number of halogens is 1. The highest BCUT2D eigenvalue weighted by atomic mass is 19.1. The van der Waals surface area contributed by atoms with Crippen molar-refractivity contribution in [1.29, 1.82) is 0 Å². The average Bonchev–Trinajstić information content (AvgIpc) is 3.08. The molecule has 1 aromatic carbocycles. The monoisotopic (exact) mass is 299 g/mol. The maximum Gasteiger partial charge on any atom is 0.226 e. The lowest BCUT2D eigenvalue weighted by Gasteiger charge is -2.24. The number of benzene rings is 1. The molecule has 0 spiro atoms. The van der Waals surface area contributed by atoms with Crippen molar-refractivity contribution in [3.8, 4) is 11.6 Å². The molecule has 2 fully saturated rings. The molecule has 0 aliphatic heterocycles. The van der Waals surface area contributed by atoms with Gasteiger partial charge < -0.3 is 10.1 Å². The smallest absolute Gasteiger partial charge is 0.226 e. The van der Waals surface area contributed by atoms with Crippen molar-refractivity contribution < 1.29 is 9.13 Å². The maximum absolute atomic E-state index is 13.6. The summed E-state index contributed by atoms with van der Waals surface area (Å²) in [4.78, 5) is 8.65. The molecule has 1 heterocycles. The van der Waals surface area contributed by atoms with E-state index in [1.165, 1.54) is 0 Å². The number of nitrogens with one attached hydrogen (secondary N) is 1. The summed E-state index contributed by atoms with van der Waals surface area (Å²) in [6.45, 7) is 0. The average molecular weight is 299 g/mol. The Bertz CT molecular complexity index is 649. The Morgan fingerprint density at radius 2 is 1.91 bits per heavy atom. The summed E-state index contributed by atoms with van der Waals surface area (Å²) in [5, 5.41) is 3.35. The number of rotatable bonds is 4. The molecule has 22 heavy (non-hydrogen) atoms. The fraction of sp³-hybridized carbons (Fsp3) is 0.412. The molecular weight excluding hydrogens is 281 g/mol. The molecule has 0 amide bonds. The lowest BCUT2D eigenvalue weighted by molar-refractivity contribution is 0.223. The van der Waals surface area contributed by atoms with E-state index >= 15 is 0 Å². The van der Waals surface area contributed by atoms with Crippen LogP contribution in [0.15, 0.2) is 42.6 Å². The van der Waals surface area contributed by atoms with Crippen molar-refractivity contribution in [2.45, 2.75) is 31.5 Å². The first-order valence-electron chi connectivity index (χ1n) is 7.74. The highest BCUT2D eigenvalue weighted by Crippen LogP contribution is 2.47. The van der Waals surface area contributed by atoms with Gasteiger partial charge in [0, 0.05) is 18.3 Å². The van der Waals surface area contributed by atoms with Gasteiger partial charge in [0.1, 0.15) is 11.9 Å². The van der Waals surface area contributed by atoms with Crippen molar-refractivity contribution in [2.24, 2.45) is 11.8 Å². The molecule has 2 saturated carbocycles. The van der Waals surface area contributed by atoms with Crippen LogP contribution in [0.5, 0.6) is 11.6 Å². The highest BCUT2D eigenvalue weighted by molar-refractivity contribution is 5.33. The van der Waals surface area contributed by atoms with Crippen LogP contribution in [-0.2, 0) is 0 Å². The van der Waals surface area contributed by atoms with Gasteiger partial charge in [-0.05, 0) is 43.2 Å². The van der Waals surface area contributed by atoms with Gasteiger partial charge >= 0.3 is 0 Å². The van der Waals surface area contributed by atoms with E-state index < -0.39 is 6.17 Å². The largest absolute Gasteiger partial charge is 0.439 e. The minimum atomic E-state index is -0.614. The number of hydrogen-bond donors (Lipinski definition) is 1. The van der Waals surface area contributed by atoms with Gasteiger partial charge in [-0.3, -0.25) is 0 Å². The first-order valence-corrected chi connectivity index (χ1v) is 7.74. The standard InChI is InChI=1S/C17H18FN3O/c18-14-9-12-8-11(14)10-15(12)20-17-19-7-6-16(21-17)22-13-4-2-1-3-5-13/h1-7,11-12,14-15H,8-10H2,(H,19,20,21). The maximum atomic E-state index is 13.6. The summed E-state index contributed by atoms with van der Waals surface area (Å²) in [6.07, 6.45) is 3.59. The molecule has 5 heteroatoms. The Hall–Kier alpha value is -2.17. The van der Waals surface area contributed by atoms with Crippen LogP contribution in [0.1, 0.15) is 19.3 Å². The highest BCUT2D eigenvalue weighted by Gasteiger charge is 2.46. The van der Waals surface area contributed by atoms with Gasteiger partial charge in [-0.25, -0.2) is 9.37 Å². The molecule has 2 aliphatic carbocycles. The van der Waals surface area contributed by atoms with Crippen LogP contribution in [-0.4, -0.2) is 22.2 Å². The topological polar surface area (TPSA) is 47.0 Å². The van der Waals surface area contributed by atoms with E-state index in [1.807, 2.05) is 30.3 Å². The van der Waals surface area contributed by atoms with E-state index in [-0.39, 0.29) is 12.0 Å². The Morgan fingerprint density at radius 1 is 1.05 bits per heavy atom.